The molecule has 4 N–H and O–H groups in total. The number of anilines is 1. The molecule has 0 spiro atoms. The minimum absolute atomic E-state index is 0.0518. The highest BCUT2D eigenvalue weighted by Gasteiger charge is 2.14. The molecule has 0 aliphatic heterocycles. The number of hydrogen-bond acceptors (Lipinski definition) is 8. The van der Waals surface area contributed by atoms with Gasteiger partial charge in [0.25, 0.3) is 5.56 Å². The number of H-pyrrole nitrogens is 1. The van der Waals surface area contributed by atoms with E-state index >= 15 is 0 Å². The van der Waals surface area contributed by atoms with Crippen molar-refractivity contribution in [2.24, 2.45) is 5.10 Å². The largest absolute Gasteiger partial charge is 0.493 e. The topological polar surface area (TPSA) is 144 Å². The van der Waals surface area contributed by atoms with Gasteiger partial charge in [-0.3, -0.25) is 9.78 Å². The van der Waals surface area contributed by atoms with Crippen molar-refractivity contribution in [3.63, 3.8) is 0 Å². The van der Waals surface area contributed by atoms with Crippen LogP contribution in [0.4, 0.5) is 5.95 Å². The van der Waals surface area contributed by atoms with Gasteiger partial charge in [0.2, 0.25) is 5.95 Å². The molecule has 2 aromatic carbocycles. The zero-order valence-corrected chi connectivity index (χ0v) is 17.4. The van der Waals surface area contributed by atoms with E-state index in [-0.39, 0.29) is 22.7 Å². The van der Waals surface area contributed by atoms with Crippen LogP contribution in [0.25, 0.3) is 11.3 Å². The van der Waals surface area contributed by atoms with E-state index in [1.165, 1.54) is 6.21 Å². The number of aromatic nitrogens is 2. The molecule has 0 aliphatic rings. The molecule has 1 heterocycles. The first-order valence-corrected chi connectivity index (χ1v) is 10.0. The summed E-state index contributed by atoms with van der Waals surface area (Å²) in [6.45, 7) is 2.56. The average Bonchev–Trinajstić information content (AvgIpc) is 2.80. The maximum absolute atomic E-state index is 12.3. The van der Waals surface area contributed by atoms with Gasteiger partial charge in [0, 0.05) is 11.1 Å². The summed E-state index contributed by atoms with van der Waals surface area (Å²) in [5.41, 5.74) is 3.62. The summed E-state index contributed by atoms with van der Waals surface area (Å²) >= 11 is 0. The van der Waals surface area contributed by atoms with Gasteiger partial charge in [0.1, 0.15) is 17.4 Å². The van der Waals surface area contributed by atoms with Crippen molar-refractivity contribution in [3.8, 4) is 23.1 Å². The third kappa shape index (κ3) is 5.60. The van der Waals surface area contributed by atoms with E-state index in [1.807, 2.05) is 12.1 Å². The van der Waals surface area contributed by atoms with Gasteiger partial charge in [-0.2, -0.15) is 10.4 Å². The summed E-state index contributed by atoms with van der Waals surface area (Å²) in [5, 5.41) is 32.4. The van der Waals surface area contributed by atoms with Crippen molar-refractivity contribution in [3.05, 3.63) is 70.0 Å². The lowest BCUT2D eigenvalue weighted by molar-refractivity contribution is 0.309. The predicted octanol–water partition coefficient (Wildman–Crippen LogP) is 1.61. The first-order valence-electron chi connectivity index (χ1n) is 10.0. The van der Waals surface area contributed by atoms with Crippen LogP contribution in [-0.4, -0.2) is 40.0 Å². The molecule has 9 nitrogen and oxygen atoms in total. The van der Waals surface area contributed by atoms with Crippen molar-refractivity contribution in [1.82, 2.24) is 9.97 Å². The third-order valence-electron chi connectivity index (χ3n) is 4.54. The van der Waals surface area contributed by atoms with E-state index in [0.717, 1.165) is 12.8 Å². The van der Waals surface area contributed by atoms with Crippen LogP contribution in [0.1, 0.15) is 30.9 Å². The number of nitrogens with one attached hydrogen (secondary N) is 2. The molecule has 0 fully saturated rings. The van der Waals surface area contributed by atoms with Crippen LogP contribution >= 0.6 is 0 Å². The van der Waals surface area contributed by atoms with Gasteiger partial charge in [-0.05, 0) is 24.0 Å². The number of rotatable bonds is 9. The molecule has 0 radical (unpaired) electrons. The minimum atomic E-state index is -1.63. The molecule has 0 aliphatic carbocycles. The molecule has 0 bridgehead atoms. The number of nitrogens with zero attached hydrogens (tertiary/aromatic N) is 3. The highest BCUT2D eigenvalue weighted by molar-refractivity contribution is 6.58. The van der Waals surface area contributed by atoms with Gasteiger partial charge < -0.3 is 14.8 Å². The van der Waals surface area contributed by atoms with Gasteiger partial charge in [-0.15, -0.1) is 0 Å². The number of aromatic amines is 1. The Bertz CT molecular complexity index is 1190. The molecule has 0 unspecified atom stereocenters. The van der Waals surface area contributed by atoms with E-state index in [1.54, 1.807) is 42.5 Å². The SMILES string of the molecule is CCCCOc1ccc(B(O)O)cc1C=NNc1nc(-c2ccccc2)c(C#N)c(=O)[nH]1. The summed E-state index contributed by atoms with van der Waals surface area (Å²) < 4.78 is 5.75. The summed E-state index contributed by atoms with van der Waals surface area (Å²) in [6, 6.07) is 15.5. The van der Waals surface area contributed by atoms with Gasteiger partial charge >= 0.3 is 7.12 Å². The maximum Gasteiger partial charge on any atom is 0.488 e. The second-order valence-electron chi connectivity index (χ2n) is 6.86. The van der Waals surface area contributed by atoms with Crippen LogP contribution in [0.3, 0.4) is 0 Å². The minimum Gasteiger partial charge on any atom is -0.493 e. The molecule has 1 aromatic heterocycles. The van der Waals surface area contributed by atoms with Crippen molar-refractivity contribution >= 4 is 24.7 Å². The first kappa shape index (κ1) is 22.7. The van der Waals surface area contributed by atoms with Gasteiger partial charge in [0.05, 0.1) is 18.5 Å². The highest BCUT2D eigenvalue weighted by Crippen LogP contribution is 2.20. The lowest BCUT2D eigenvalue weighted by Crippen LogP contribution is -2.30. The van der Waals surface area contributed by atoms with Crippen LogP contribution in [0.5, 0.6) is 5.75 Å². The molecule has 162 valence electrons. The van der Waals surface area contributed by atoms with E-state index < -0.39 is 12.7 Å². The van der Waals surface area contributed by atoms with Gasteiger partial charge in [-0.1, -0.05) is 49.7 Å². The standard InChI is InChI=1S/C22H22BN5O4/c1-2-3-11-32-19-10-9-17(23(30)31)12-16(19)14-25-28-22-26-20(15-7-5-4-6-8-15)18(13-24)21(29)27-22/h4-10,12,14,30-31H,2-3,11H2,1H3,(H2,26,27,28,29). The normalized spacial score (nSPS) is 10.7. The fraction of sp³-hybridized carbons (Fsp3) is 0.182. The summed E-state index contributed by atoms with van der Waals surface area (Å²) in [7, 11) is -1.63. The van der Waals surface area contributed by atoms with Crippen LogP contribution in [0.15, 0.2) is 58.4 Å². The lowest BCUT2D eigenvalue weighted by atomic mass is 9.79. The van der Waals surface area contributed by atoms with Crippen LogP contribution in [0, 0.1) is 11.3 Å². The van der Waals surface area contributed by atoms with E-state index in [4.69, 9.17) is 4.74 Å². The zero-order chi connectivity index (χ0) is 22.9. The molecule has 3 rings (SSSR count). The van der Waals surface area contributed by atoms with Crippen LogP contribution in [0.2, 0.25) is 0 Å². The van der Waals surface area contributed by atoms with E-state index in [9.17, 15) is 20.1 Å². The number of nitriles is 1. The van der Waals surface area contributed by atoms with Crippen LogP contribution in [-0.2, 0) is 0 Å². The molecule has 10 heteroatoms. The Morgan fingerprint density at radius 3 is 2.75 bits per heavy atom. The Morgan fingerprint density at radius 2 is 2.06 bits per heavy atom. The Morgan fingerprint density at radius 1 is 1.28 bits per heavy atom. The number of hydrazone groups is 1. The molecule has 3 aromatic rings. The Hall–Kier alpha value is -3.94. The Labute approximate surface area is 185 Å². The van der Waals surface area contributed by atoms with E-state index in [0.29, 0.717) is 23.5 Å². The van der Waals surface area contributed by atoms with Crippen molar-refractivity contribution < 1.29 is 14.8 Å². The Balaban J connectivity index is 1.88. The zero-order valence-electron chi connectivity index (χ0n) is 17.4. The molecule has 32 heavy (non-hydrogen) atoms. The lowest BCUT2D eigenvalue weighted by Gasteiger charge is -2.10. The monoisotopic (exact) mass is 431 g/mol. The highest BCUT2D eigenvalue weighted by atomic mass is 16.5. The fourth-order valence-corrected chi connectivity index (χ4v) is 2.88. The summed E-state index contributed by atoms with van der Waals surface area (Å²) in [4.78, 5) is 19.1. The average molecular weight is 431 g/mol. The fourth-order valence-electron chi connectivity index (χ4n) is 2.88. The number of unbranched alkanes of at least 4 members (excludes halogenated alkanes) is 1. The number of ether oxygens (including phenoxy) is 1. The third-order valence-corrected chi connectivity index (χ3v) is 4.54. The number of benzene rings is 2. The van der Waals surface area contributed by atoms with Gasteiger partial charge in [-0.25, -0.2) is 10.4 Å². The molecular weight excluding hydrogens is 409 g/mol. The second kappa shape index (κ2) is 10.9. The molecule has 0 atom stereocenters. The van der Waals surface area contributed by atoms with Crippen LogP contribution < -0.4 is 21.2 Å². The molecule has 0 amide bonds. The molecule has 0 saturated carbocycles. The van der Waals surface area contributed by atoms with Crippen molar-refractivity contribution in [2.45, 2.75) is 19.8 Å². The first-order chi connectivity index (χ1) is 15.5. The maximum atomic E-state index is 12.3. The molecule has 0 saturated heterocycles. The predicted molar refractivity (Wildman–Crippen MR) is 123 cm³/mol. The molecular formula is C22H22BN5O4. The summed E-state index contributed by atoms with van der Waals surface area (Å²) in [5.74, 6) is 0.579. The van der Waals surface area contributed by atoms with Gasteiger partial charge in [0.15, 0.2) is 0 Å². The quantitative estimate of drug-likeness (QED) is 0.174. The van der Waals surface area contributed by atoms with Crippen molar-refractivity contribution in [2.75, 3.05) is 12.0 Å². The summed E-state index contributed by atoms with van der Waals surface area (Å²) in [6.07, 6.45) is 3.27. The van der Waals surface area contributed by atoms with E-state index in [2.05, 4.69) is 27.4 Å². The smallest absolute Gasteiger partial charge is 0.488 e. The second-order valence-corrected chi connectivity index (χ2v) is 6.86. The number of hydrogen-bond donors (Lipinski definition) is 4. The van der Waals surface area contributed by atoms with Crippen molar-refractivity contribution in [1.29, 1.82) is 5.26 Å². The Kier molecular flexibility index (Phi) is 7.75.